The minimum absolute atomic E-state index is 0.0586. The van der Waals surface area contributed by atoms with Crippen molar-refractivity contribution in [1.29, 1.82) is 0 Å². The highest BCUT2D eigenvalue weighted by Gasteiger charge is 2.24. The van der Waals surface area contributed by atoms with Crippen molar-refractivity contribution in [3.05, 3.63) is 34.1 Å². The van der Waals surface area contributed by atoms with Gasteiger partial charge in [0.1, 0.15) is 5.82 Å². The number of hydrogen-bond acceptors (Lipinski definition) is 3. The quantitative estimate of drug-likeness (QED) is 0.902. The smallest absolute Gasteiger partial charge is 0.317 e. The van der Waals surface area contributed by atoms with Gasteiger partial charge in [-0.05, 0) is 57.6 Å². The van der Waals surface area contributed by atoms with Crippen molar-refractivity contribution >= 4 is 17.6 Å². The third kappa shape index (κ3) is 4.41. The van der Waals surface area contributed by atoms with Crippen molar-refractivity contribution in [2.75, 3.05) is 26.7 Å². The number of carboxylic acid groups (broad SMARTS) is 1. The van der Waals surface area contributed by atoms with E-state index in [1.165, 1.54) is 6.07 Å². The molecule has 122 valence electrons. The molecule has 0 saturated carbocycles. The van der Waals surface area contributed by atoms with E-state index < -0.39 is 5.97 Å². The van der Waals surface area contributed by atoms with Gasteiger partial charge in [0.15, 0.2) is 0 Å². The van der Waals surface area contributed by atoms with Crippen LogP contribution in [0.3, 0.4) is 0 Å². The first-order valence-electron chi connectivity index (χ1n) is 7.45. The molecular weight excluding hydrogens is 307 g/mol. The van der Waals surface area contributed by atoms with Crippen LogP contribution in [-0.4, -0.2) is 53.6 Å². The summed E-state index contributed by atoms with van der Waals surface area (Å²) in [6.45, 7) is 4.02. The van der Waals surface area contributed by atoms with Crippen molar-refractivity contribution < 1.29 is 14.3 Å². The summed E-state index contributed by atoms with van der Waals surface area (Å²) in [5.41, 5.74) is 1.37. The van der Waals surface area contributed by atoms with Gasteiger partial charge in [-0.15, -0.1) is 0 Å². The molecule has 1 heterocycles. The normalized spacial score (nSPS) is 17.1. The van der Waals surface area contributed by atoms with Crippen LogP contribution in [0.4, 0.5) is 4.39 Å². The predicted octanol–water partition coefficient (Wildman–Crippen LogP) is 2.77. The van der Waals surface area contributed by atoms with Gasteiger partial charge in [0, 0.05) is 23.2 Å². The molecule has 2 rings (SSSR count). The summed E-state index contributed by atoms with van der Waals surface area (Å²) in [6, 6.07) is 3.56. The zero-order valence-corrected chi connectivity index (χ0v) is 13.7. The second-order valence-electron chi connectivity index (χ2n) is 6.02. The molecule has 4 nitrogen and oxygen atoms in total. The number of carboxylic acids is 1. The molecule has 22 heavy (non-hydrogen) atoms. The molecule has 6 heteroatoms. The molecule has 0 aliphatic carbocycles. The lowest BCUT2D eigenvalue weighted by Crippen LogP contribution is -2.44. The zero-order chi connectivity index (χ0) is 16.3. The summed E-state index contributed by atoms with van der Waals surface area (Å²) < 4.78 is 14.0. The Morgan fingerprint density at radius 3 is 2.64 bits per heavy atom. The van der Waals surface area contributed by atoms with Crippen molar-refractivity contribution in [3.63, 3.8) is 0 Å². The summed E-state index contributed by atoms with van der Waals surface area (Å²) in [4.78, 5) is 14.8. The van der Waals surface area contributed by atoms with Crippen LogP contribution in [-0.2, 0) is 11.3 Å². The molecule has 0 bridgehead atoms. The number of likely N-dealkylation sites (N-methyl/N-ethyl adjacent to an activating group) is 1. The van der Waals surface area contributed by atoms with E-state index >= 15 is 0 Å². The fourth-order valence-corrected chi connectivity index (χ4v) is 3.29. The molecule has 1 aliphatic heterocycles. The second kappa shape index (κ2) is 7.40. The monoisotopic (exact) mass is 328 g/mol. The molecule has 0 spiro atoms. The van der Waals surface area contributed by atoms with Gasteiger partial charge in [0.05, 0.1) is 6.54 Å². The first-order valence-corrected chi connectivity index (χ1v) is 7.83. The Morgan fingerprint density at radius 1 is 1.45 bits per heavy atom. The fourth-order valence-electron chi connectivity index (χ4n) is 2.97. The highest BCUT2D eigenvalue weighted by atomic mass is 35.5. The highest BCUT2D eigenvalue weighted by Crippen LogP contribution is 2.25. The Balaban J connectivity index is 1.92. The average molecular weight is 329 g/mol. The van der Waals surface area contributed by atoms with Crippen LogP contribution >= 0.6 is 11.6 Å². The SMILES string of the molecule is Cc1cc(F)c(CN2CCC(N(C)CC(=O)O)CC2)c(Cl)c1. The van der Waals surface area contributed by atoms with Gasteiger partial charge in [-0.25, -0.2) is 4.39 Å². The van der Waals surface area contributed by atoms with Crippen molar-refractivity contribution in [3.8, 4) is 0 Å². The highest BCUT2D eigenvalue weighted by molar-refractivity contribution is 6.31. The van der Waals surface area contributed by atoms with Gasteiger partial charge in [-0.3, -0.25) is 14.6 Å². The van der Waals surface area contributed by atoms with Gasteiger partial charge < -0.3 is 5.11 Å². The molecule has 0 unspecified atom stereocenters. The van der Waals surface area contributed by atoms with E-state index in [1.54, 1.807) is 6.07 Å². The van der Waals surface area contributed by atoms with Crippen LogP contribution in [0.25, 0.3) is 0 Å². The van der Waals surface area contributed by atoms with E-state index in [1.807, 2.05) is 18.9 Å². The number of likely N-dealkylation sites (tertiary alicyclic amines) is 1. The van der Waals surface area contributed by atoms with E-state index in [0.29, 0.717) is 17.1 Å². The number of aliphatic carboxylic acids is 1. The molecule has 1 N–H and O–H groups in total. The summed E-state index contributed by atoms with van der Waals surface area (Å²) in [5.74, 6) is -1.06. The maximum atomic E-state index is 14.0. The van der Waals surface area contributed by atoms with Gasteiger partial charge in [0.25, 0.3) is 0 Å². The molecule has 0 radical (unpaired) electrons. The number of benzene rings is 1. The lowest BCUT2D eigenvalue weighted by atomic mass is 10.0. The lowest BCUT2D eigenvalue weighted by Gasteiger charge is -2.36. The minimum atomic E-state index is -0.807. The molecule has 0 aromatic heterocycles. The largest absolute Gasteiger partial charge is 0.480 e. The Morgan fingerprint density at radius 2 is 2.09 bits per heavy atom. The lowest BCUT2D eigenvalue weighted by molar-refractivity contribution is -0.138. The number of carbonyl (C=O) groups is 1. The first-order chi connectivity index (χ1) is 10.4. The minimum Gasteiger partial charge on any atom is -0.480 e. The maximum Gasteiger partial charge on any atom is 0.317 e. The summed E-state index contributed by atoms with van der Waals surface area (Å²) in [7, 11) is 1.84. The molecular formula is C16H22ClFN2O2. The number of rotatable bonds is 5. The predicted molar refractivity (Wildman–Crippen MR) is 84.7 cm³/mol. The molecule has 0 atom stereocenters. The van der Waals surface area contributed by atoms with E-state index in [-0.39, 0.29) is 18.4 Å². The number of nitrogens with zero attached hydrogens (tertiary/aromatic N) is 2. The van der Waals surface area contributed by atoms with Crippen LogP contribution in [0.1, 0.15) is 24.0 Å². The van der Waals surface area contributed by atoms with Crippen LogP contribution in [0.5, 0.6) is 0 Å². The van der Waals surface area contributed by atoms with E-state index in [4.69, 9.17) is 16.7 Å². The number of halogens is 2. The van der Waals surface area contributed by atoms with E-state index in [2.05, 4.69) is 4.90 Å². The van der Waals surface area contributed by atoms with Gasteiger partial charge >= 0.3 is 5.97 Å². The standard InChI is InChI=1S/C16H22ClFN2O2/c1-11-7-14(17)13(15(18)8-11)9-20-5-3-12(4-6-20)19(2)10-16(21)22/h7-8,12H,3-6,9-10H2,1-2H3,(H,21,22). The molecule has 1 aromatic carbocycles. The van der Waals surface area contributed by atoms with E-state index in [9.17, 15) is 9.18 Å². The Kier molecular flexibility index (Phi) is 5.78. The fraction of sp³-hybridized carbons (Fsp3) is 0.562. The van der Waals surface area contributed by atoms with E-state index in [0.717, 1.165) is 31.5 Å². The molecule has 1 saturated heterocycles. The average Bonchev–Trinajstić information content (AvgIpc) is 2.42. The topological polar surface area (TPSA) is 43.8 Å². The number of piperidine rings is 1. The molecule has 1 aromatic rings. The second-order valence-corrected chi connectivity index (χ2v) is 6.43. The number of aryl methyl sites for hydroxylation is 1. The Bertz CT molecular complexity index is 522. The van der Waals surface area contributed by atoms with Crippen LogP contribution in [0, 0.1) is 12.7 Å². The van der Waals surface area contributed by atoms with Crippen molar-refractivity contribution in [2.24, 2.45) is 0 Å². The molecule has 0 amide bonds. The van der Waals surface area contributed by atoms with Gasteiger partial charge in [0.2, 0.25) is 0 Å². The van der Waals surface area contributed by atoms with Crippen LogP contribution in [0.15, 0.2) is 12.1 Å². The van der Waals surface area contributed by atoms with Gasteiger partial charge in [-0.2, -0.15) is 0 Å². The van der Waals surface area contributed by atoms with Gasteiger partial charge in [-0.1, -0.05) is 11.6 Å². The molecule has 1 aliphatic rings. The summed E-state index contributed by atoms with van der Waals surface area (Å²) in [5, 5.41) is 9.31. The van der Waals surface area contributed by atoms with Crippen LogP contribution in [0.2, 0.25) is 5.02 Å². The summed E-state index contributed by atoms with van der Waals surface area (Å²) in [6.07, 6.45) is 1.77. The first kappa shape index (κ1) is 17.2. The zero-order valence-electron chi connectivity index (χ0n) is 13.0. The van der Waals surface area contributed by atoms with Crippen molar-refractivity contribution in [1.82, 2.24) is 9.80 Å². The third-order valence-corrected chi connectivity index (χ3v) is 4.57. The summed E-state index contributed by atoms with van der Waals surface area (Å²) >= 11 is 6.15. The third-order valence-electron chi connectivity index (χ3n) is 4.23. The maximum absolute atomic E-state index is 14.0. The van der Waals surface area contributed by atoms with Crippen LogP contribution < -0.4 is 0 Å². The molecule has 1 fully saturated rings. The number of hydrogen-bond donors (Lipinski definition) is 1. The van der Waals surface area contributed by atoms with Crippen molar-refractivity contribution in [2.45, 2.75) is 32.4 Å². The Labute approximate surface area is 135 Å². The Hall–Kier alpha value is -1.17.